The molecule has 0 spiro atoms. The van der Waals surface area contributed by atoms with Crippen LogP contribution in [0, 0.1) is 13.8 Å². The molecule has 0 atom stereocenters. The van der Waals surface area contributed by atoms with Gasteiger partial charge < -0.3 is 4.90 Å². The van der Waals surface area contributed by atoms with Crippen molar-refractivity contribution in [1.29, 1.82) is 0 Å². The van der Waals surface area contributed by atoms with E-state index in [0.717, 1.165) is 18.4 Å². The maximum absolute atomic E-state index is 12.3. The highest BCUT2D eigenvalue weighted by atomic mass is 32.2. The van der Waals surface area contributed by atoms with E-state index in [-0.39, 0.29) is 17.3 Å². The van der Waals surface area contributed by atoms with Crippen molar-refractivity contribution in [2.75, 3.05) is 19.6 Å². The average Bonchev–Trinajstić information content (AvgIpc) is 2.44. The minimum absolute atomic E-state index is 0.183. The number of benzene rings is 1. The number of hydrogen-bond acceptors (Lipinski definition) is 3. The largest absolute Gasteiger partial charge is 0.342 e. The fourth-order valence-corrected chi connectivity index (χ4v) is 3.55. The van der Waals surface area contributed by atoms with Gasteiger partial charge in [-0.1, -0.05) is 31.5 Å². The molecule has 22 heavy (non-hydrogen) atoms. The first-order chi connectivity index (χ1) is 10.3. The minimum atomic E-state index is -3.66. The summed E-state index contributed by atoms with van der Waals surface area (Å²) in [5.41, 5.74) is 1.68. The van der Waals surface area contributed by atoms with Crippen LogP contribution in [0.2, 0.25) is 0 Å². The molecule has 1 aromatic carbocycles. The van der Waals surface area contributed by atoms with E-state index in [1.807, 2.05) is 26.8 Å². The van der Waals surface area contributed by atoms with Crippen LogP contribution >= 0.6 is 0 Å². The Morgan fingerprint density at radius 3 is 2.23 bits per heavy atom. The van der Waals surface area contributed by atoms with Crippen LogP contribution in [-0.2, 0) is 14.8 Å². The van der Waals surface area contributed by atoms with E-state index in [9.17, 15) is 13.2 Å². The summed E-state index contributed by atoms with van der Waals surface area (Å²) in [5, 5.41) is 0. The van der Waals surface area contributed by atoms with Crippen LogP contribution in [0.3, 0.4) is 0 Å². The van der Waals surface area contributed by atoms with E-state index in [2.05, 4.69) is 4.72 Å². The van der Waals surface area contributed by atoms with Crippen LogP contribution in [-0.4, -0.2) is 38.9 Å². The van der Waals surface area contributed by atoms with E-state index < -0.39 is 10.0 Å². The summed E-state index contributed by atoms with van der Waals surface area (Å²) < 4.78 is 27.1. The minimum Gasteiger partial charge on any atom is -0.342 e. The molecule has 0 saturated carbocycles. The number of carbonyl (C=O) groups excluding carboxylic acids is 1. The standard InChI is InChI=1S/C16H26N2O3S/c1-5-9-18(10-6-2)16(19)12-17-22(20,21)15-8-7-13(3)11-14(15)4/h7-8,11,17H,5-6,9-10,12H2,1-4H3. The van der Waals surface area contributed by atoms with Crippen LogP contribution in [0.1, 0.15) is 37.8 Å². The molecule has 1 aromatic rings. The molecule has 6 heteroatoms. The third-order valence-electron chi connectivity index (χ3n) is 3.37. The second-order valence-corrected chi connectivity index (χ2v) is 7.21. The van der Waals surface area contributed by atoms with Gasteiger partial charge >= 0.3 is 0 Å². The lowest BCUT2D eigenvalue weighted by atomic mass is 10.2. The van der Waals surface area contributed by atoms with Gasteiger partial charge in [0.1, 0.15) is 0 Å². The van der Waals surface area contributed by atoms with E-state index in [0.29, 0.717) is 18.7 Å². The van der Waals surface area contributed by atoms with Gasteiger partial charge in [0.05, 0.1) is 11.4 Å². The summed E-state index contributed by atoms with van der Waals surface area (Å²) >= 11 is 0. The van der Waals surface area contributed by atoms with E-state index in [1.165, 1.54) is 0 Å². The van der Waals surface area contributed by atoms with Crippen molar-refractivity contribution in [1.82, 2.24) is 9.62 Å². The first-order valence-electron chi connectivity index (χ1n) is 7.66. The number of sulfonamides is 1. The predicted octanol–water partition coefficient (Wildman–Crippen LogP) is 2.23. The summed E-state index contributed by atoms with van der Waals surface area (Å²) in [6.45, 7) is 8.76. The molecule has 124 valence electrons. The number of hydrogen-bond donors (Lipinski definition) is 1. The van der Waals surface area contributed by atoms with Gasteiger partial charge in [-0.3, -0.25) is 4.79 Å². The number of carbonyl (C=O) groups is 1. The number of amides is 1. The van der Waals surface area contributed by atoms with Crippen LogP contribution in [0.4, 0.5) is 0 Å². The number of rotatable bonds is 8. The summed E-state index contributed by atoms with van der Waals surface area (Å²) in [5.74, 6) is -0.183. The normalized spacial score (nSPS) is 11.5. The first kappa shape index (κ1) is 18.6. The SMILES string of the molecule is CCCN(CCC)C(=O)CNS(=O)(=O)c1ccc(C)cc1C. The zero-order chi connectivity index (χ0) is 16.8. The monoisotopic (exact) mass is 326 g/mol. The van der Waals surface area contributed by atoms with Crippen LogP contribution in [0.5, 0.6) is 0 Å². The van der Waals surface area contributed by atoms with Gasteiger partial charge in [0.2, 0.25) is 15.9 Å². The van der Waals surface area contributed by atoms with Gasteiger partial charge in [0.25, 0.3) is 0 Å². The second-order valence-electron chi connectivity index (χ2n) is 5.47. The smallest absolute Gasteiger partial charge is 0.241 e. The highest BCUT2D eigenvalue weighted by Gasteiger charge is 2.19. The van der Waals surface area contributed by atoms with Crippen molar-refractivity contribution in [2.45, 2.75) is 45.4 Å². The molecule has 1 rings (SSSR count). The predicted molar refractivity (Wildman–Crippen MR) is 88.3 cm³/mol. The molecular formula is C16H26N2O3S. The summed E-state index contributed by atoms with van der Waals surface area (Å²) in [4.78, 5) is 14.1. The Bertz CT molecular complexity index is 606. The quantitative estimate of drug-likeness (QED) is 0.796. The Kier molecular flexibility index (Phi) is 7.03. The lowest BCUT2D eigenvalue weighted by Crippen LogP contribution is -2.41. The van der Waals surface area contributed by atoms with Gasteiger partial charge in [-0.05, 0) is 38.3 Å². The molecule has 0 heterocycles. The Balaban J connectivity index is 2.78. The summed E-state index contributed by atoms with van der Waals surface area (Å²) in [6, 6.07) is 5.15. The number of nitrogens with one attached hydrogen (secondary N) is 1. The second kappa shape index (κ2) is 8.29. The van der Waals surface area contributed by atoms with Crippen molar-refractivity contribution >= 4 is 15.9 Å². The zero-order valence-corrected chi connectivity index (χ0v) is 14.7. The summed E-state index contributed by atoms with van der Waals surface area (Å²) in [6.07, 6.45) is 1.71. The molecule has 0 radical (unpaired) electrons. The molecule has 0 unspecified atom stereocenters. The van der Waals surface area contributed by atoms with Crippen molar-refractivity contribution in [3.63, 3.8) is 0 Å². The van der Waals surface area contributed by atoms with Gasteiger partial charge in [-0.2, -0.15) is 0 Å². The van der Waals surface area contributed by atoms with Crippen molar-refractivity contribution in [3.8, 4) is 0 Å². The third kappa shape index (κ3) is 5.10. The Hall–Kier alpha value is -1.40. The van der Waals surface area contributed by atoms with Crippen LogP contribution < -0.4 is 4.72 Å². The Labute approximate surface area is 133 Å². The van der Waals surface area contributed by atoms with Crippen molar-refractivity contribution in [3.05, 3.63) is 29.3 Å². The van der Waals surface area contributed by atoms with Crippen molar-refractivity contribution < 1.29 is 13.2 Å². The van der Waals surface area contributed by atoms with Crippen LogP contribution in [0.25, 0.3) is 0 Å². The van der Waals surface area contributed by atoms with Gasteiger partial charge in [0, 0.05) is 13.1 Å². The molecule has 0 saturated heterocycles. The lowest BCUT2D eigenvalue weighted by Gasteiger charge is -2.21. The van der Waals surface area contributed by atoms with Crippen molar-refractivity contribution in [2.24, 2.45) is 0 Å². The molecule has 0 aliphatic carbocycles. The molecule has 0 fully saturated rings. The molecule has 1 amide bonds. The Morgan fingerprint density at radius 2 is 1.73 bits per heavy atom. The molecule has 0 aliphatic heterocycles. The molecular weight excluding hydrogens is 300 g/mol. The topological polar surface area (TPSA) is 66.5 Å². The van der Waals surface area contributed by atoms with E-state index in [4.69, 9.17) is 0 Å². The zero-order valence-electron chi connectivity index (χ0n) is 13.8. The number of aryl methyl sites for hydroxylation is 2. The third-order valence-corrected chi connectivity index (χ3v) is 4.93. The molecule has 0 bridgehead atoms. The highest BCUT2D eigenvalue weighted by Crippen LogP contribution is 2.16. The fourth-order valence-electron chi connectivity index (χ4n) is 2.35. The van der Waals surface area contributed by atoms with Gasteiger partial charge in [-0.15, -0.1) is 0 Å². The molecule has 5 nitrogen and oxygen atoms in total. The number of nitrogens with zero attached hydrogens (tertiary/aromatic N) is 1. The molecule has 1 N–H and O–H groups in total. The summed E-state index contributed by atoms with van der Waals surface area (Å²) in [7, 11) is -3.66. The average molecular weight is 326 g/mol. The van der Waals surface area contributed by atoms with Gasteiger partial charge in [-0.25, -0.2) is 13.1 Å². The maximum Gasteiger partial charge on any atom is 0.241 e. The first-order valence-corrected chi connectivity index (χ1v) is 9.14. The van der Waals surface area contributed by atoms with Gasteiger partial charge in [0.15, 0.2) is 0 Å². The maximum atomic E-state index is 12.3. The molecule has 0 aliphatic rings. The van der Waals surface area contributed by atoms with Crippen LogP contribution in [0.15, 0.2) is 23.1 Å². The fraction of sp³-hybridized carbons (Fsp3) is 0.562. The van der Waals surface area contributed by atoms with E-state index in [1.54, 1.807) is 24.0 Å². The van der Waals surface area contributed by atoms with E-state index >= 15 is 0 Å². The lowest BCUT2D eigenvalue weighted by molar-refractivity contribution is -0.130. The highest BCUT2D eigenvalue weighted by molar-refractivity contribution is 7.89. The Morgan fingerprint density at radius 1 is 1.14 bits per heavy atom. The molecule has 0 aromatic heterocycles.